The number of aromatic nitrogens is 2. The zero-order chi connectivity index (χ0) is 18.7. The van der Waals surface area contributed by atoms with Gasteiger partial charge in [-0.1, -0.05) is 30.0 Å². The first-order valence-corrected chi connectivity index (χ1v) is 9.51. The fraction of sp³-hybridized carbons (Fsp3) is 0.500. The Hall–Kier alpha value is -2.09. The highest BCUT2D eigenvalue weighted by atomic mass is 32.2. The van der Waals surface area contributed by atoms with Crippen molar-refractivity contribution < 1.29 is 18.3 Å². The standard InChI is InChI=1S/C18H22FN3O3S/c1-18(2,3)25-17(23)22-10-6-9-14(22)15-20-21-16(24-15)26-11-12-7-4-5-8-13(12)19/h4-5,7-8,14H,6,9-11H2,1-3H3/t14-/m0/s1. The van der Waals surface area contributed by atoms with Crippen LogP contribution in [0.25, 0.3) is 0 Å². The van der Waals surface area contributed by atoms with Gasteiger partial charge in [0.15, 0.2) is 0 Å². The lowest BCUT2D eigenvalue weighted by Gasteiger charge is -2.27. The minimum absolute atomic E-state index is 0.258. The van der Waals surface area contributed by atoms with Crippen molar-refractivity contribution in [1.82, 2.24) is 15.1 Å². The fourth-order valence-corrected chi connectivity index (χ4v) is 3.49. The van der Waals surface area contributed by atoms with Crippen LogP contribution in [0, 0.1) is 5.82 Å². The maximum absolute atomic E-state index is 13.7. The van der Waals surface area contributed by atoms with Crippen LogP contribution in [-0.2, 0) is 10.5 Å². The molecule has 2 heterocycles. The molecule has 1 aliphatic rings. The molecule has 3 rings (SSSR count). The maximum atomic E-state index is 13.7. The minimum atomic E-state index is -0.556. The lowest BCUT2D eigenvalue weighted by molar-refractivity contribution is 0.0201. The predicted molar refractivity (Wildman–Crippen MR) is 95.2 cm³/mol. The van der Waals surface area contributed by atoms with Crippen LogP contribution in [0.5, 0.6) is 0 Å². The number of benzene rings is 1. The van der Waals surface area contributed by atoms with Gasteiger partial charge in [-0.2, -0.15) is 0 Å². The number of nitrogens with zero attached hydrogens (tertiary/aromatic N) is 3. The van der Waals surface area contributed by atoms with Crippen LogP contribution in [0.15, 0.2) is 33.9 Å². The molecule has 1 aliphatic heterocycles. The Kier molecular flexibility index (Phi) is 5.50. The van der Waals surface area contributed by atoms with Crippen LogP contribution in [0.1, 0.15) is 51.1 Å². The van der Waals surface area contributed by atoms with Crippen molar-refractivity contribution in [3.8, 4) is 0 Å². The predicted octanol–water partition coefficient (Wildman–Crippen LogP) is 4.57. The lowest BCUT2D eigenvalue weighted by Crippen LogP contribution is -2.36. The maximum Gasteiger partial charge on any atom is 0.410 e. The number of carbonyl (C=O) groups is 1. The Labute approximate surface area is 156 Å². The van der Waals surface area contributed by atoms with E-state index in [1.54, 1.807) is 23.1 Å². The van der Waals surface area contributed by atoms with Gasteiger partial charge < -0.3 is 9.15 Å². The number of ether oxygens (including phenoxy) is 1. The lowest BCUT2D eigenvalue weighted by atomic mass is 10.2. The molecule has 0 unspecified atom stereocenters. The first-order chi connectivity index (χ1) is 12.3. The number of amides is 1. The molecule has 0 bridgehead atoms. The molecule has 6 nitrogen and oxygen atoms in total. The molecule has 2 aromatic rings. The minimum Gasteiger partial charge on any atom is -0.444 e. The number of halogens is 1. The second-order valence-electron chi connectivity index (χ2n) is 7.12. The van der Waals surface area contributed by atoms with Gasteiger partial charge in [0.2, 0.25) is 5.89 Å². The van der Waals surface area contributed by atoms with E-state index in [1.807, 2.05) is 20.8 Å². The summed E-state index contributed by atoms with van der Waals surface area (Å²) in [6, 6.07) is 6.31. The summed E-state index contributed by atoms with van der Waals surface area (Å²) >= 11 is 1.27. The molecular weight excluding hydrogens is 357 g/mol. The number of likely N-dealkylation sites (tertiary alicyclic amines) is 1. The second kappa shape index (κ2) is 7.65. The van der Waals surface area contributed by atoms with Gasteiger partial charge in [0.25, 0.3) is 5.22 Å². The highest BCUT2D eigenvalue weighted by Gasteiger charge is 2.36. The Bertz CT molecular complexity index is 775. The van der Waals surface area contributed by atoms with Crippen LogP contribution in [0.4, 0.5) is 9.18 Å². The quantitative estimate of drug-likeness (QED) is 0.725. The zero-order valence-corrected chi connectivity index (χ0v) is 15.9. The monoisotopic (exact) mass is 379 g/mol. The van der Waals surface area contributed by atoms with E-state index in [4.69, 9.17) is 9.15 Å². The van der Waals surface area contributed by atoms with Gasteiger partial charge in [0.05, 0.1) is 0 Å². The van der Waals surface area contributed by atoms with Crippen LogP contribution >= 0.6 is 11.8 Å². The molecule has 1 atom stereocenters. The molecular formula is C18H22FN3O3S. The summed E-state index contributed by atoms with van der Waals surface area (Å²) in [5.74, 6) is 0.533. The molecule has 26 heavy (non-hydrogen) atoms. The van der Waals surface area contributed by atoms with Crippen LogP contribution < -0.4 is 0 Å². The van der Waals surface area contributed by atoms with E-state index in [9.17, 15) is 9.18 Å². The van der Waals surface area contributed by atoms with E-state index < -0.39 is 5.60 Å². The Morgan fingerprint density at radius 3 is 2.88 bits per heavy atom. The van der Waals surface area contributed by atoms with E-state index >= 15 is 0 Å². The summed E-state index contributed by atoms with van der Waals surface area (Å²) < 4.78 is 24.8. The molecule has 0 saturated carbocycles. The number of thioether (sulfide) groups is 1. The molecule has 1 fully saturated rings. The molecule has 0 N–H and O–H groups in total. The van der Waals surface area contributed by atoms with E-state index in [0.29, 0.717) is 29.0 Å². The Morgan fingerprint density at radius 1 is 1.38 bits per heavy atom. The first kappa shape index (κ1) is 18.7. The Morgan fingerprint density at radius 2 is 2.15 bits per heavy atom. The smallest absolute Gasteiger partial charge is 0.410 e. The van der Waals surface area contributed by atoms with Gasteiger partial charge >= 0.3 is 6.09 Å². The fourth-order valence-electron chi connectivity index (χ4n) is 2.73. The summed E-state index contributed by atoms with van der Waals surface area (Å²) in [4.78, 5) is 14.0. The van der Waals surface area contributed by atoms with Crippen molar-refractivity contribution in [2.75, 3.05) is 6.54 Å². The molecule has 0 radical (unpaired) electrons. The van der Waals surface area contributed by atoms with E-state index in [2.05, 4.69) is 10.2 Å². The van der Waals surface area contributed by atoms with Crippen molar-refractivity contribution in [3.05, 3.63) is 41.5 Å². The highest BCUT2D eigenvalue weighted by molar-refractivity contribution is 7.98. The summed E-state index contributed by atoms with van der Waals surface area (Å²) in [5, 5.41) is 8.46. The van der Waals surface area contributed by atoms with Crippen LogP contribution in [-0.4, -0.2) is 33.3 Å². The van der Waals surface area contributed by atoms with Crippen LogP contribution in [0.2, 0.25) is 0 Å². The number of hydrogen-bond acceptors (Lipinski definition) is 6. The average Bonchev–Trinajstić information content (AvgIpc) is 3.21. The third kappa shape index (κ3) is 4.55. The third-order valence-electron chi connectivity index (χ3n) is 3.90. The van der Waals surface area contributed by atoms with Gasteiger partial charge in [0.1, 0.15) is 17.5 Å². The second-order valence-corrected chi connectivity index (χ2v) is 8.04. The topological polar surface area (TPSA) is 68.5 Å². The summed E-state index contributed by atoms with van der Waals surface area (Å²) in [5.41, 5.74) is 0.0216. The third-order valence-corrected chi connectivity index (χ3v) is 4.76. The van der Waals surface area contributed by atoms with Crippen molar-refractivity contribution in [2.45, 2.75) is 56.2 Å². The van der Waals surface area contributed by atoms with E-state index in [0.717, 1.165) is 12.8 Å². The molecule has 1 aromatic carbocycles. The SMILES string of the molecule is CC(C)(C)OC(=O)N1CCC[C@H]1c1nnc(SCc2ccccc2F)o1. The van der Waals surface area contributed by atoms with Gasteiger partial charge in [-0.05, 0) is 45.2 Å². The van der Waals surface area contributed by atoms with Gasteiger partial charge in [0, 0.05) is 12.3 Å². The molecule has 8 heteroatoms. The number of hydrogen-bond donors (Lipinski definition) is 0. The van der Waals surface area contributed by atoms with Crippen molar-refractivity contribution in [1.29, 1.82) is 0 Å². The Balaban J connectivity index is 1.65. The summed E-state index contributed by atoms with van der Waals surface area (Å²) in [6.45, 7) is 6.10. The van der Waals surface area contributed by atoms with Gasteiger partial charge in [-0.3, -0.25) is 4.90 Å². The molecule has 1 amide bonds. The molecule has 0 aliphatic carbocycles. The zero-order valence-electron chi connectivity index (χ0n) is 15.1. The van der Waals surface area contributed by atoms with Crippen LogP contribution in [0.3, 0.4) is 0 Å². The summed E-state index contributed by atoms with van der Waals surface area (Å²) in [6.07, 6.45) is 1.22. The molecule has 1 saturated heterocycles. The van der Waals surface area contributed by atoms with Crippen molar-refractivity contribution in [3.63, 3.8) is 0 Å². The normalized spacial score (nSPS) is 17.5. The largest absolute Gasteiger partial charge is 0.444 e. The molecule has 0 spiro atoms. The molecule has 140 valence electrons. The number of rotatable bonds is 4. The number of carbonyl (C=O) groups excluding carboxylic acids is 1. The van der Waals surface area contributed by atoms with E-state index in [-0.39, 0.29) is 18.0 Å². The van der Waals surface area contributed by atoms with Crippen molar-refractivity contribution >= 4 is 17.9 Å². The van der Waals surface area contributed by atoms with Gasteiger partial charge in [-0.25, -0.2) is 9.18 Å². The summed E-state index contributed by atoms with van der Waals surface area (Å²) in [7, 11) is 0. The van der Waals surface area contributed by atoms with Gasteiger partial charge in [-0.15, -0.1) is 10.2 Å². The van der Waals surface area contributed by atoms with E-state index in [1.165, 1.54) is 17.8 Å². The molecule has 1 aromatic heterocycles. The highest BCUT2D eigenvalue weighted by Crippen LogP contribution is 2.34. The first-order valence-electron chi connectivity index (χ1n) is 8.53. The average molecular weight is 379 g/mol. The van der Waals surface area contributed by atoms with Crippen molar-refractivity contribution in [2.24, 2.45) is 0 Å².